The Bertz CT molecular complexity index is 705. The molecule has 0 spiro atoms. The van der Waals surface area contributed by atoms with Crippen LogP contribution in [-0.4, -0.2) is 11.2 Å². The molecule has 24 heavy (non-hydrogen) atoms. The van der Waals surface area contributed by atoms with Crippen LogP contribution < -0.4 is 16.2 Å². The third kappa shape index (κ3) is 5.89. The molecule has 0 atom stereocenters. The number of nitrogens with one attached hydrogen (secondary N) is 3. The van der Waals surface area contributed by atoms with Crippen LogP contribution in [0.15, 0.2) is 48.5 Å². The van der Waals surface area contributed by atoms with Gasteiger partial charge in [-0.05, 0) is 48.3 Å². The minimum Gasteiger partial charge on any atom is -0.443 e. The van der Waals surface area contributed by atoms with E-state index in [1.54, 1.807) is 0 Å². The Morgan fingerprint density at radius 3 is 2.46 bits per heavy atom. The zero-order chi connectivity index (χ0) is 17.4. The lowest BCUT2D eigenvalue weighted by Gasteiger charge is -2.12. The molecular weight excluding hydrogens is 322 g/mol. The first-order valence-corrected chi connectivity index (χ1v) is 8.02. The molecule has 0 saturated carbocycles. The van der Waals surface area contributed by atoms with E-state index in [0.29, 0.717) is 11.7 Å². The molecule has 0 saturated heterocycles. The summed E-state index contributed by atoms with van der Waals surface area (Å²) in [5, 5.41) is 3.31. The smallest absolute Gasteiger partial charge is 0.426 e. The molecule has 0 radical (unpaired) electrons. The SMILES string of the molecule is Cc1ccc(COC(=O)NNC(=S)NCc2ccccc2)cc1C. The zero-order valence-electron chi connectivity index (χ0n) is 13.8. The monoisotopic (exact) mass is 343 g/mol. The van der Waals surface area contributed by atoms with Gasteiger partial charge in [0, 0.05) is 6.54 Å². The molecule has 0 aliphatic rings. The van der Waals surface area contributed by atoms with Crippen molar-refractivity contribution in [1.82, 2.24) is 16.2 Å². The van der Waals surface area contributed by atoms with Crippen LogP contribution >= 0.6 is 12.2 Å². The topological polar surface area (TPSA) is 62.4 Å². The Balaban J connectivity index is 1.67. The second kappa shape index (κ2) is 8.88. The molecule has 0 heterocycles. The van der Waals surface area contributed by atoms with Gasteiger partial charge in [-0.25, -0.2) is 10.2 Å². The number of carbonyl (C=O) groups excluding carboxylic acids is 1. The summed E-state index contributed by atoms with van der Waals surface area (Å²) < 4.78 is 5.14. The summed E-state index contributed by atoms with van der Waals surface area (Å²) in [5.41, 5.74) is 9.42. The van der Waals surface area contributed by atoms with Gasteiger partial charge in [0.05, 0.1) is 0 Å². The van der Waals surface area contributed by atoms with Crippen molar-refractivity contribution in [2.75, 3.05) is 0 Å². The van der Waals surface area contributed by atoms with Gasteiger partial charge in [0.2, 0.25) is 0 Å². The van der Waals surface area contributed by atoms with Crippen molar-refractivity contribution >= 4 is 23.4 Å². The summed E-state index contributed by atoms with van der Waals surface area (Å²) in [6.45, 7) is 4.85. The van der Waals surface area contributed by atoms with E-state index in [-0.39, 0.29) is 6.61 Å². The van der Waals surface area contributed by atoms with Crippen LogP contribution in [0.4, 0.5) is 4.79 Å². The van der Waals surface area contributed by atoms with E-state index in [4.69, 9.17) is 17.0 Å². The van der Waals surface area contributed by atoms with Crippen molar-refractivity contribution in [3.63, 3.8) is 0 Å². The second-order valence-electron chi connectivity index (χ2n) is 5.41. The molecule has 126 valence electrons. The highest BCUT2D eigenvalue weighted by atomic mass is 32.1. The maximum atomic E-state index is 11.7. The van der Waals surface area contributed by atoms with E-state index in [1.165, 1.54) is 11.1 Å². The van der Waals surface area contributed by atoms with Gasteiger partial charge in [-0.1, -0.05) is 48.5 Å². The minimum absolute atomic E-state index is 0.207. The van der Waals surface area contributed by atoms with Gasteiger partial charge in [-0.2, -0.15) is 0 Å². The van der Waals surface area contributed by atoms with Crippen molar-refractivity contribution < 1.29 is 9.53 Å². The van der Waals surface area contributed by atoms with Gasteiger partial charge >= 0.3 is 6.09 Å². The standard InChI is InChI=1S/C18H21N3O2S/c1-13-8-9-16(10-14(13)2)12-23-18(22)21-20-17(24)19-11-15-6-4-3-5-7-15/h3-10H,11-12H2,1-2H3,(H,21,22)(H2,19,20,24). The molecule has 2 rings (SSSR count). The number of benzene rings is 2. The predicted octanol–water partition coefficient (Wildman–Crippen LogP) is 3.11. The maximum absolute atomic E-state index is 11.7. The van der Waals surface area contributed by atoms with Crippen LogP contribution in [0.3, 0.4) is 0 Å². The van der Waals surface area contributed by atoms with E-state index in [2.05, 4.69) is 16.2 Å². The predicted molar refractivity (Wildman–Crippen MR) is 98.3 cm³/mol. The molecule has 0 aromatic heterocycles. The minimum atomic E-state index is -0.586. The van der Waals surface area contributed by atoms with E-state index in [9.17, 15) is 4.79 Å². The van der Waals surface area contributed by atoms with Crippen LogP contribution in [0.2, 0.25) is 0 Å². The molecule has 0 unspecified atom stereocenters. The number of amides is 1. The van der Waals surface area contributed by atoms with E-state index in [0.717, 1.165) is 11.1 Å². The Morgan fingerprint density at radius 1 is 1.00 bits per heavy atom. The summed E-state index contributed by atoms with van der Waals surface area (Å²) in [5.74, 6) is 0. The highest BCUT2D eigenvalue weighted by Crippen LogP contribution is 2.10. The van der Waals surface area contributed by atoms with Crippen LogP contribution in [0.1, 0.15) is 22.3 Å². The molecular formula is C18H21N3O2S. The fourth-order valence-corrected chi connectivity index (χ4v) is 2.13. The first-order chi connectivity index (χ1) is 11.5. The summed E-state index contributed by atoms with van der Waals surface area (Å²) >= 11 is 5.09. The molecule has 2 aromatic rings. The van der Waals surface area contributed by atoms with Gasteiger partial charge in [0.15, 0.2) is 5.11 Å². The molecule has 0 fully saturated rings. The quantitative estimate of drug-likeness (QED) is 0.588. The number of rotatable bonds is 4. The molecule has 0 aliphatic carbocycles. The second-order valence-corrected chi connectivity index (χ2v) is 5.82. The Labute approximate surface area is 147 Å². The van der Waals surface area contributed by atoms with E-state index in [1.807, 2.05) is 62.4 Å². The fraction of sp³-hybridized carbons (Fsp3) is 0.222. The van der Waals surface area contributed by atoms with Crippen LogP contribution in [0, 0.1) is 13.8 Å². The van der Waals surface area contributed by atoms with Gasteiger partial charge in [0.25, 0.3) is 0 Å². The number of ether oxygens (including phenoxy) is 1. The van der Waals surface area contributed by atoms with Gasteiger partial charge in [-0.3, -0.25) is 5.43 Å². The lowest BCUT2D eigenvalue weighted by Crippen LogP contribution is -2.46. The first kappa shape index (κ1) is 17.7. The zero-order valence-corrected chi connectivity index (χ0v) is 14.6. The number of hydrogen-bond acceptors (Lipinski definition) is 3. The largest absolute Gasteiger partial charge is 0.443 e. The van der Waals surface area contributed by atoms with Crippen LogP contribution in [0.25, 0.3) is 0 Å². The average Bonchev–Trinajstić information content (AvgIpc) is 2.60. The number of thiocarbonyl (C=S) groups is 1. The van der Waals surface area contributed by atoms with Crippen LogP contribution in [-0.2, 0) is 17.9 Å². The first-order valence-electron chi connectivity index (χ1n) is 7.61. The third-order valence-corrected chi connectivity index (χ3v) is 3.76. The maximum Gasteiger partial charge on any atom is 0.426 e. The van der Waals surface area contributed by atoms with Crippen molar-refractivity contribution in [3.05, 3.63) is 70.8 Å². The summed E-state index contributed by atoms with van der Waals surface area (Å²) in [7, 11) is 0. The summed E-state index contributed by atoms with van der Waals surface area (Å²) in [6.07, 6.45) is -0.586. The molecule has 1 amide bonds. The average molecular weight is 343 g/mol. The molecule has 0 aliphatic heterocycles. The van der Waals surface area contributed by atoms with Crippen molar-refractivity contribution in [2.24, 2.45) is 0 Å². The highest BCUT2D eigenvalue weighted by Gasteiger charge is 2.04. The normalized spacial score (nSPS) is 9.92. The number of hydrazine groups is 1. The number of aryl methyl sites for hydroxylation is 2. The molecule has 2 aromatic carbocycles. The van der Waals surface area contributed by atoms with Gasteiger partial charge in [-0.15, -0.1) is 0 Å². The molecule has 6 heteroatoms. The van der Waals surface area contributed by atoms with Crippen molar-refractivity contribution in [3.8, 4) is 0 Å². The lowest BCUT2D eigenvalue weighted by molar-refractivity contribution is 0.137. The fourth-order valence-electron chi connectivity index (χ4n) is 2.01. The third-order valence-electron chi connectivity index (χ3n) is 3.52. The highest BCUT2D eigenvalue weighted by molar-refractivity contribution is 7.80. The Morgan fingerprint density at radius 2 is 1.75 bits per heavy atom. The molecule has 3 N–H and O–H groups in total. The van der Waals surface area contributed by atoms with Crippen molar-refractivity contribution in [2.45, 2.75) is 27.0 Å². The molecule has 0 bridgehead atoms. The summed E-state index contributed by atoms with van der Waals surface area (Å²) in [6, 6.07) is 15.8. The van der Waals surface area contributed by atoms with E-state index < -0.39 is 6.09 Å². The van der Waals surface area contributed by atoms with Crippen LogP contribution in [0.5, 0.6) is 0 Å². The Kier molecular flexibility index (Phi) is 6.57. The Hall–Kier alpha value is -2.60. The number of carbonyl (C=O) groups is 1. The summed E-state index contributed by atoms with van der Waals surface area (Å²) in [4.78, 5) is 11.7. The van der Waals surface area contributed by atoms with Crippen molar-refractivity contribution in [1.29, 1.82) is 0 Å². The number of hydrogen-bond donors (Lipinski definition) is 3. The lowest BCUT2D eigenvalue weighted by atomic mass is 10.1. The van der Waals surface area contributed by atoms with Gasteiger partial charge < -0.3 is 10.1 Å². The molecule has 5 nitrogen and oxygen atoms in total. The van der Waals surface area contributed by atoms with E-state index >= 15 is 0 Å². The van der Waals surface area contributed by atoms with Gasteiger partial charge in [0.1, 0.15) is 6.61 Å².